The van der Waals surface area contributed by atoms with Crippen molar-refractivity contribution in [1.82, 2.24) is 14.7 Å². The first-order valence-electron chi connectivity index (χ1n) is 12.5. The zero-order valence-corrected chi connectivity index (χ0v) is 20.0. The minimum absolute atomic E-state index is 0.0802. The summed E-state index contributed by atoms with van der Waals surface area (Å²) >= 11 is 0. The van der Waals surface area contributed by atoms with E-state index in [1.54, 1.807) is 29.2 Å². The number of hydrogen-bond acceptors (Lipinski definition) is 4. The Kier molecular flexibility index (Phi) is 6.96. The summed E-state index contributed by atoms with van der Waals surface area (Å²) in [5.41, 5.74) is 1.79. The van der Waals surface area contributed by atoms with Gasteiger partial charge in [0.2, 0.25) is 17.7 Å². The van der Waals surface area contributed by atoms with E-state index in [1.165, 1.54) is 29.2 Å². The largest absolute Gasteiger partial charge is 0.340 e. The second-order valence-corrected chi connectivity index (χ2v) is 9.66. The number of amides is 3. The molecule has 0 saturated carbocycles. The van der Waals surface area contributed by atoms with E-state index < -0.39 is 0 Å². The zero-order valence-electron chi connectivity index (χ0n) is 20.0. The molecule has 3 aliphatic rings. The number of carbonyl (C=O) groups excluding carboxylic acids is 3. The minimum atomic E-state index is -0.322. The lowest BCUT2D eigenvalue weighted by Crippen LogP contribution is -2.50. The summed E-state index contributed by atoms with van der Waals surface area (Å²) in [6.07, 6.45) is 5.19. The van der Waals surface area contributed by atoms with Crippen LogP contribution in [0, 0.1) is 23.5 Å². The van der Waals surface area contributed by atoms with E-state index in [0.29, 0.717) is 39.0 Å². The molecule has 2 aromatic rings. The molecule has 0 spiro atoms. The first-order chi connectivity index (χ1) is 17.4. The highest BCUT2D eigenvalue weighted by atomic mass is 19.1. The molecule has 1 aliphatic carbocycles. The molecule has 0 N–H and O–H groups in total. The molecular weight excluding hydrogens is 464 g/mol. The summed E-state index contributed by atoms with van der Waals surface area (Å²) in [7, 11) is 0. The number of allylic oxidation sites excluding steroid dienone is 2. The number of fused-ring (bicyclic) bond motifs is 1. The third-order valence-electron chi connectivity index (χ3n) is 7.55. The minimum Gasteiger partial charge on any atom is -0.340 e. The quantitative estimate of drug-likeness (QED) is 0.456. The SMILES string of the molecule is O=C(CCN1C(=O)[C@@H]2CC=CC[C@H]2C1=O)N1CCN(C(c2ccc(F)cc2)c2ccc(F)cc2)CC1. The predicted octanol–water partition coefficient (Wildman–Crippen LogP) is 3.54. The molecule has 2 aliphatic heterocycles. The van der Waals surface area contributed by atoms with Crippen molar-refractivity contribution in [2.45, 2.75) is 25.3 Å². The lowest BCUT2D eigenvalue weighted by atomic mass is 9.85. The molecule has 2 fully saturated rings. The average molecular weight is 494 g/mol. The van der Waals surface area contributed by atoms with E-state index in [1.807, 2.05) is 12.2 Å². The van der Waals surface area contributed by atoms with Crippen LogP contribution in [0.25, 0.3) is 0 Å². The molecular formula is C28H29F2N3O3. The van der Waals surface area contributed by atoms with Gasteiger partial charge in [-0.2, -0.15) is 0 Å². The smallest absolute Gasteiger partial charge is 0.233 e. The van der Waals surface area contributed by atoms with Crippen LogP contribution in [-0.2, 0) is 14.4 Å². The van der Waals surface area contributed by atoms with Crippen molar-refractivity contribution in [3.8, 4) is 0 Å². The summed E-state index contributed by atoms with van der Waals surface area (Å²) < 4.78 is 27.1. The van der Waals surface area contributed by atoms with E-state index in [4.69, 9.17) is 0 Å². The van der Waals surface area contributed by atoms with E-state index in [-0.39, 0.29) is 60.2 Å². The highest BCUT2D eigenvalue weighted by Gasteiger charge is 2.47. The average Bonchev–Trinajstić information content (AvgIpc) is 3.15. The van der Waals surface area contributed by atoms with Crippen molar-refractivity contribution in [1.29, 1.82) is 0 Å². The fourth-order valence-corrected chi connectivity index (χ4v) is 5.59. The van der Waals surface area contributed by atoms with Gasteiger partial charge in [-0.25, -0.2) is 8.78 Å². The normalized spacial score (nSPS) is 22.4. The highest BCUT2D eigenvalue weighted by Crippen LogP contribution is 2.35. The van der Waals surface area contributed by atoms with Crippen LogP contribution < -0.4 is 0 Å². The van der Waals surface area contributed by atoms with Gasteiger partial charge in [0, 0.05) is 39.1 Å². The van der Waals surface area contributed by atoms with Crippen LogP contribution >= 0.6 is 0 Å². The van der Waals surface area contributed by atoms with Crippen LogP contribution in [0.4, 0.5) is 8.78 Å². The third kappa shape index (κ3) is 4.82. The molecule has 0 unspecified atom stereocenters. The molecule has 36 heavy (non-hydrogen) atoms. The number of halogens is 2. The summed E-state index contributed by atoms with van der Waals surface area (Å²) in [5, 5.41) is 0. The third-order valence-corrected chi connectivity index (χ3v) is 7.55. The Morgan fingerprint density at radius 1 is 0.778 bits per heavy atom. The maximum absolute atomic E-state index is 13.6. The van der Waals surface area contributed by atoms with E-state index in [0.717, 1.165) is 11.1 Å². The van der Waals surface area contributed by atoms with Crippen molar-refractivity contribution in [3.05, 3.63) is 83.4 Å². The fraction of sp³-hybridized carbons (Fsp3) is 0.393. The summed E-state index contributed by atoms with van der Waals surface area (Å²) in [4.78, 5) is 43.5. The lowest BCUT2D eigenvalue weighted by Gasteiger charge is -2.40. The van der Waals surface area contributed by atoms with Gasteiger partial charge >= 0.3 is 0 Å². The fourth-order valence-electron chi connectivity index (χ4n) is 5.59. The maximum atomic E-state index is 13.6. The van der Waals surface area contributed by atoms with Gasteiger partial charge in [-0.3, -0.25) is 24.2 Å². The van der Waals surface area contributed by atoms with Crippen LogP contribution in [0.5, 0.6) is 0 Å². The molecule has 6 nitrogen and oxygen atoms in total. The van der Waals surface area contributed by atoms with Gasteiger partial charge in [0.15, 0.2) is 0 Å². The number of rotatable bonds is 6. The molecule has 2 atom stereocenters. The lowest BCUT2D eigenvalue weighted by molar-refractivity contribution is -0.141. The predicted molar refractivity (Wildman–Crippen MR) is 129 cm³/mol. The zero-order chi connectivity index (χ0) is 25.2. The van der Waals surface area contributed by atoms with Gasteiger partial charge in [-0.15, -0.1) is 0 Å². The second-order valence-electron chi connectivity index (χ2n) is 9.66. The Balaban J connectivity index is 1.21. The van der Waals surface area contributed by atoms with Gasteiger partial charge in [0.1, 0.15) is 11.6 Å². The van der Waals surface area contributed by atoms with Crippen molar-refractivity contribution in [2.24, 2.45) is 11.8 Å². The summed E-state index contributed by atoms with van der Waals surface area (Å²) in [5.74, 6) is -1.60. The second kappa shape index (κ2) is 10.3. The van der Waals surface area contributed by atoms with Crippen molar-refractivity contribution in [3.63, 3.8) is 0 Å². The van der Waals surface area contributed by atoms with Crippen LogP contribution in [0.15, 0.2) is 60.7 Å². The maximum Gasteiger partial charge on any atom is 0.233 e. The molecule has 2 heterocycles. The standard InChI is InChI=1S/C28H29F2N3O3/c29-21-9-5-19(6-10-21)26(20-7-11-22(30)12-8-20)32-17-15-31(16-18-32)25(34)13-14-33-27(35)23-3-1-2-4-24(23)28(33)36/h1-2,5-12,23-24,26H,3-4,13-18H2/t23-,24-/m1/s1. The van der Waals surface area contributed by atoms with Crippen LogP contribution in [0.2, 0.25) is 0 Å². The van der Waals surface area contributed by atoms with E-state index >= 15 is 0 Å². The van der Waals surface area contributed by atoms with Crippen molar-refractivity contribution in [2.75, 3.05) is 32.7 Å². The topological polar surface area (TPSA) is 60.9 Å². The monoisotopic (exact) mass is 493 g/mol. The van der Waals surface area contributed by atoms with Crippen LogP contribution in [0.1, 0.15) is 36.4 Å². The Morgan fingerprint density at radius 2 is 1.25 bits per heavy atom. The van der Waals surface area contributed by atoms with Gasteiger partial charge < -0.3 is 4.90 Å². The molecule has 0 aromatic heterocycles. The molecule has 2 aromatic carbocycles. The number of piperazine rings is 1. The van der Waals surface area contributed by atoms with Crippen molar-refractivity contribution < 1.29 is 23.2 Å². The molecule has 0 radical (unpaired) electrons. The molecule has 8 heteroatoms. The van der Waals surface area contributed by atoms with E-state index in [2.05, 4.69) is 4.90 Å². The molecule has 5 rings (SSSR count). The molecule has 3 amide bonds. The summed E-state index contributed by atoms with van der Waals surface area (Å²) in [6.45, 7) is 2.28. The Hall–Kier alpha value is -3.39. The number of likely N-dealkylation sites (tertiary alicyclic amines) is 1. The number of hydrogen-bond donors (Lipinski definition) is 0. The van der Waals surface area contributed by atoms with Crippen molar-refractivity contribution >= 4 is 17.7 Å². The van der Waals surface area contributed by atoms with Gasteiger partial charge in [0.25, 0.3) is 0 Å². The molecule has 188 valence electrons. The molecule has 0 bridgehead atoms. The van der Waals surface area contributed by atoms with Gasteiger partial charge in [0.05, 0.1) is 17.9 Å². The molecule has 2 saturated heterocycles. The Labute approximate surface area is 209 Å². The first kappa shape index (κ1) is 24.3. The number of benzene rings is 2. The Morgan fingerprint density at radius 3 is 1.72 bits per heavy atom. The number of carbonyl (C=O) groups is 3. The number of nitrogens with zero attached hydrogens (tertiary/aromatic N) is 3. The Bertz CT molecular complexity index is 1090. The number of imide groups is 1. The van der Waals surface area contributed by atoms with E-state index in [9.17, 15) is 23.2 Å². The first-order valence-corrected chi connectivity index (χ1v) is 12.5. The summed E-state index contributed by atoms with van der Waals surface area (Å²) in [6, 6.07) is 12.4. The van der Waals surface area contributed by atoms with Gasteiger partial charge in [-0.05, 0) is 48.2 Å². The highest BCUT2D eigenvalue weighted by molar-refractivity contribution is 6.05. The van der Waals surface area contributed by atoms with Gasteiger partial charge in [-0.1, -0.05) is 36.4 Å². The van der Waals surface area contributed by atoms with Crippen LogP contribution in [-0.4, -0.2) is 65.1 Å². The van der Waals surface area contributed by atoms with Crippen LogP contribution in [0.3, 0.4) is 0 Å².